The summed E-state index contributed by atoms with van der Waals surface area (Å²) < 4.78 is 17.2. The fraction of sp³-hybridized carbons (Fsp3) is 0.538. The first-order valence-corrected chi connectivity index (χ1v) is 11.4. The quantitative estimate of drug-likeness (QED) is 0.353. The fourth-order valence-corrected chi connectivity index (χ4v) is 3.69. The monoisotopic (exact) mass is 396 g/mol. The highest BCUT2D eigenvalue weighted by atomic mass is 16.7. The Labute approximate surface area is 176 Å². The number of unbranched alkanes of at least 4 members (excludes halogenated alkanes) is 5. The lowest BCUT2D eigenvalue weighted by molar-refractivity contribution is -0.162. The van der Waals surface area contributed by atoms with Crippen LogP contribution in [-0.4, -0.2) is 19.5 Å². The van der Waals surface area contributed by atoms with Gasteiger partial charge in [0.2, 0.25) is 0 Å². The van der Waals surface area contributed by atoms with Gasteiger partial charge in [-0.2, -0.15) is 0 Å². The molecular weight excluding hydrogens is 360 g/mol. The van der Waals surface area contributed by atoms with Crippen LogP contribution in [0, 0.1) is 0 Å². The van der Waals surface area contributed by atoms with Crippen LogP contribution in [0.4, 0.5) is 0 Å². The molecule has 1 atom stereocenters. The van der Waals surface area contributed by atoms with E-state index in [9.17, 15) is 0 Å². The zero-order valence-corrected chi connectivity index (χ0v) is 17.7. The van der Waals surface area contributed by atoms with Gasteiger partial charge in [-0.05, 0) is 61.8 Å². The van der Waals surface area contributed by atoms with Crippen LogP contribution in [0.2, 0.25) is 0 Å². The minimum Gasteiger partial charge on any atom is -0.489 e. The lowest BCUT2D eigenvalue weighted by atomic mass is 10.0. The first-order valence-electron chi connectivity index (χ1n) is 11.4. The smallest absolute Gasteiger partial charge is 0.157 e. The van der Waals surface area contributed by atoms with Crippen molar-refractivity contribution in [2.24, 2.45) is 0 Å². The van der Waals surface area contributed by atoms with Crippen molar-refractivity contribution in [1.82, 2.24) is 0 Å². The maximum Gasteiger partial charge on any atom is 0.157 e. The highest BCUT2D eigenvalue weighted by molar-refractivity contribution is 5.27. The van der Waals surface area contributed by atoms with Crippen LogP contribution < -0.4 is 4.74 Å². The maximum atomic E-state index is 5.86. The zero-order chi connectivity index (χ0) is 20.0. The van der Waals surface area contributed by atoms with E-state index < -0.39 is 0 Å². The molecule has 158 valence electrons. The number of ether oxygens (including phenoxy) is 3. The summed E-state index contributed by atoms with van der Waals surface area (Å²) in [5, 5.41) is 0. The summed E-state index contributed by atoms with van der Waals surface area (Å²) in [6.45, 7) is 2.34. The van der Waals surface area contributed by atoms with E-state index in [4.69, 9.17) is 14.2 Å². The SMILES string of the molecule is c1ccc(COc2ccc(CCCCCCCCOC3CCCCO3)cc2)cc1. The lowest BCUT2D eigenvalue weighted by Gasteiger charge is -2.22. The topological polar surface area (TPSA) is 27.7 Å². The number of aryl methyl sites for hydroxylation is 1. The third-order valence-corrected chi connectivity index (χ3v) is 5.47. The van der Waals surface area contributed by atoms with Crippen LogP contribution in [0.1, 0.15) is 68.9 Å². The molecule has 1 aliphatic heterocycles. The van der Waals surface area contributed by atoms with Gasteiger partial charge >= 0.3 is 0 Å². The maximum absolute atomic E-state index is 5.86. The molecule has 0 amide bonds. The van der Waals surface area contributed by atoms with Gasteiger partial charge in [-0.3, -0.25) is 0 Å². The number of hydrogen-bond donors (Lipinski definition) is 0. The van der Waals surface area contributed by atoms with Crippen LogP contribution in [0.25, 0.3) is 0 Å². The third kappa shape index (κ3) is 9.01. The summed E-state index contributed by atoms with van der Waals surface area (Å²) in [4.78, 5) is 0. The van der Waals surface area contributed by atoms with E-state index >= 15 is 0 Å². The van der Waals surface area contributed by atoms with Crippen molar-refractivity contribution in [1.29, 1.82) is 0 Å². The second-order valence-corrected chi connectivity index (χ2v) is 7.96. The number of rotatable bonds is 13. The Hall–Kier alpha value is -1.84. The van der Waals surface area contributed by atoms with Crippen LogP contribution in [0.3, 0.4) is 0 Å². The minimum absolute atomic E-state index is 0.0684. The van der Waals surface area contributed by atoms with Gasteiger partial charge in [0.25, 0.3) is 0 Å². The molecule has 3 nitrogen and oxygen atoms in total. The summed E-state index contributed by atoms with van der Waals surface area (Å²) in [6.07, 6.45) is 12.3. The molecule has 0 N–H and O–H groups in total. The van der Waals surface area contributed by atoms with Crippen LogP contribution in [-0.2, 0) is 22.5 Å². The minimum atomic E-state index is 0.0684. The Morgan fingerprint density at radius 3 is 2.28 bits per heavy atom. The molecule has 3 rings (SSSR count). The highest BCUT2D eigenvalue weighted by Gasteiger charge is 2.13. The molecule has 0 spiro atoms. The average Bonchev–Trinajstić information content (AvgIpc) is 2.79. The Morgan fingerprint density at radius 1 is 0.759 bits per heavy atom. The normalized spacial score (nSPS) is 16.6. The molecule has 3 heteroatoms. The van der Waals surface area contributed by atoms with Crippen LogP contribution in [0.15, 0.2) is 54.6 Å². The van der Waals surface area contributed by atoms with E-state index in [1.54, 1.807) is 0 Å². The van der Waals surface area contributed by atoms with Gasteiger partial charge in [0.1, 0.15) is 12.4 Å². The highest BCUT2D eigenvalue weighted by Crippen LogP contribution is 2.17. The molecule has 29 heavy (non-hydrogen) atoms. The summed E-state index contributed by atoms with van der Waals surface area (Å²) in [7, 11) is 0. The van der Waals surface area contributed by atoms with Crippen molar-refractivity contribution in [3.8, 4) is 5.75 Å². The summed E-state index contributed by atoms with van der Waals surface area (Å²) in [5.74, 6) is 0.943. The van der Waals surface area contributed by atoms with Gasteiger partial charge in [-0.1, -0.05) is 68.1 Å². The van der Waals surface area contributed by atoms with Crippen LogP contribution in [0.5, 0.6) is 5.75 Å². The van der Waals surface area contributed by atoms with Gasteiger partial charge in [0.15, 0.2) is 6.29 Å². The number of benzene rings is 2. The molecule has 0 radical (unpaired) electrons. The molecular formula is C26H36O3. The second kappa shape index (κ2) is 13.4. The van der Waals surface area contributed by atoms with Crippen molar-refractivity contribution in [2.45, 2.75) is 77.1 Å². The molecule has 1 saturated heterocycles. The van der Waals surface area contributed by atoms with E-state index in [0.717, 1.165) is 38.2 Å². The first-order chi connectivity index (χ1) is 14.4. The molecule has 1 fully saturated rings. The third-order valence-electron chi connectivity index (χ3n) is 5.47. The Kier molecular flexibility index (Phi) is 10.1. The van der Waals surface area contributed by atoms with Crippen LogP contribution >= 0.6 is 0 Å². The van der Waals surface area contributed by atoms with Crippen molar-refractivity contribution >= 4 is 0 Å². The molecule has 0 saturated carbocycles. The van der Waals surface area contributed by atoms with Crippen molar-refractivity contribution in [2.75, 3.05) is 13.2 Å². The van der Waals surface area contributed by atoms with E-state index in [-0.39, 0.29) is 6.29 Å². The Bertz CT molecular complexity index is 647. The first kappa shape index (κ1) is 21.9. The van der Waals surface area contributed by atoms with E-state index in [1.807, 2.05) is 18.2 Å². The summed E-state index contributed by atoms with van der Waals surface area (Å²) in [6, 6.07) is 18.9. The van der Waals surface area contributed by atoms with E-state index in [2.05, 4.69) is 36.4 Å². The Balaban J connectivity index is 1.17. The molecule has 0 bridgehead atoms. The zero-order valence-electron chi connectivity index (χ0n) is 17.7. The fourth-order valence-electron chi connectivity index (χ4n) is 3.69. The van der Waals surface area contributed by atoms with Crippen molar-refractivity contribution in [3.05, 3.63) is 65.7 Å². The second-order valence-electron chi connectivity index (χ2n) is 7.96. The van der Waals surface area contributed by atoms with E-state index in [0.29, 0.717) is 6.61 Å². The van der Waals surface area contributed by atoms with Crippen molar-refractivity contribution in [3.63, 3.8) is 0 Å². The predicted octanol–water partition coefficient (Wildman–Crippen LogP) is 6.69. The molecule has 1 heterocycles. The molecule has 1 unspecified atom stereocenters. The molecule has 2 aromatic carbocycles. The largest absolute Gasteiger partial charge is 0.489 e. The molecule has 0 aromatic heterocycles. The standard InChI is InChI=1S/C26H36O3/c1(2-4-10-20-27-26-15-9-11-21-28-26)3-6-12-23-16-18-25(19-17-23)29-22-24-13-7-5-8-14-24/h5,7-8,13-14,16-19,26H,1-4,6,9-12,15,20-22H2. The van der Waals surface area contributed by atoms with Gasteiger partial charge in [0.05, 0.1) is 0 Å². The summed E-state index contributed by atoms with van der Waals surface area (Å²) in [5.41, 5.74) is 2.60. The van der Waals surface area contributed by atoms with Gasteiger partial charge in [-0.15, -0.1) is 0 Å². The predicted molar refractivity (Wildman–Crippen MR) is 118 cm³/mol. The van der Waals surface area contributed by atoms with Crippen molar-refractivity contribution < 1.29 is 14.2 Å². The number of hydrogen-bond acceptors (Lipinski definition) is 3. The average molecular weight is 397 g/mol. The Morgan fingerprint density at radius 2 is 1.52 bits per heavy atom. The summed E-state index contributed by atoms with van der Waals surface area (Å²) >= 11 is 0. The molecule has 1 aliphatic rings. The van der Waals surface area contributed by atoms with E-state index in [1.165, 1.54) is 56.1 Å². The molecule has 0 aliphatic carbocycles. The van der Waals surface area contributed by atoms with Gasteiger partial charge in [0, 0.05) is 13.2 Å². The lowest BCUT2D eigenvalue weighted by Crippen LogP contribution is -2.22. The van der Waals surface area contributed by atoms with Gasteiger partial charge < -0.3 is 14.2 Å². The van der Waals surface area contributed by atoms with Gasteiger partial charge in [-0.25, -0.2) is 0 Å². The molecule has 2 aromatic rings.